The number of alkyl halides is 3. The van der Waals surface area contributed by atoms with Crippen LogP contribution in [-0.4, -0.2) is 29.7 Å². The van der Waals surface area contributed by atoms with E-state index in [1.807, 2.05) is 0 Å². The average Bonchev–Trinajstić information content (AvgIpc) is 3.22. The van der Waals surface area contributed by atoms with Crippen LogP contribution in [0.5, 0.6) is 0 Å². The fraction of sp³-hybridized carbons (Fsp3) is 0.154. The van der Waals surface area contributed by atoms with Crippen molar-refractivity contribution in [2.45, 2.75) is 24.4 Å². The van der Waals surface area contributed by atoms with E-state index in [-0.39, 0.29) is 62.9 Å². The third kappa shape index (κ3) is 2.45. The molecule has 0 N–H and O–H groups in total. The zero-order valence-electron chi connectivity index (χ0n) is 17.3. The van der Waals surface area contributed by atoms with E-state index in [2.05, 4.69) is 4.74 Å². The maximum absolute atomic E-state index is 15.4. The summed E-state index contributed by atoms with van der Waals surface area (Å²) in [4.78, 5) is 49.1. The number of Topliss-reactive ketones (excluding diaryl/α,β-unsaturated/α-hetero) is 2. The molecule has 1 unspecified atom stereocenters. The van der Waals surface area contributed by atoms with Crippen molar-refractivity contribution >= 4 is 23.5 Å². The number of ketones is 2. The van der Waals surface area contributed by atoms with Gasteiger partial charge in [0.1, 0.15) is 5.41 Å². The van der Waals surface area contributed by atoms with Gasteiger partial charge < -0.3 is 4.74 Å². The Labute approximate surface area is 190 Å². The minimum Gasteiger partial charge on any atom is -0.386 e. The highest BCUT2D eigenvalue weighted by atomic mass is 19.4. The van der Waals surface area contributed by atoms with Gasteiger partial charge in [-0.1, -0.05) is 30.3 Å². The van der Waals surface area contributed by atoms with Gasteiger partial charge in [-0.3, -0.25) is 9.59 Å². The van der Waals surface area contributed by atoms with Crippen molar-refractivity contribution in [1.82, 2.24) is 0 Å². The minimum atomic E-state index is -4.90. The zero-order chi connectivity index (χ0) is 24.0. The number of carbonyl (C=O) groups excluding carboxylic acids is 4. The van der Waals surface area contributed by atoms with Crippen molar-refractivity contribution in [3.63, 3.8) is 0 Å². The third-order valence-electron chi connectivity index (χ3n) is 6.85. The largest absolute Gasteiger partial charge is 0.406 e. The van der Waals surface area contributed by atoms with Crippen LogP contribution in [0.15, 0.2) is 54.6 Å². The standard InChI is InChI=1S/C26H13F3O5/c27-26(28,29)25(14-4-2-1-3-5-14)19-9-16-15(21(30)11-22(16)31)7-12(19)6-13-8-17-18(10-20(13)25)24(33)34-23(17)32/h1-5,7-10H,6,11H2. The van der Waals surface area contributed by atoms with Crippen LogP contribution in [0.25, 0.3) is 0 Å². The lowest BCUT2D eigenvalue weighted by molar-refractivity contribution is -0.167. The van der Waals surface area contributed by atoms with Crippen molar-refractivity contribution in [2.75, 3.05) is 0 Å². The molecule has 0 aromatic heterocycles. The number of hydrogen-bond acceptors (Lipinski definition) is 5. The second-order valence-corrected chi connectivity index (χ2v) is 8.60. The Kier molecular flexibility index (Phi) is 3.92. The Balaban J connectivity index is 1.78. The van der Waals surface area contributed by atoms with E-state index in [0.717, 1.165) is 6.07 Å². The lowest BCUT2D eigenvalue weighted by atomic mass is 9.61. The van der Waals surface area contributed by atoms with Gasteiger partial charge in [0.2, 0.25) is 0 Å². The van der Waals surface area contributed by atoms with E-state index in [0.29, 0.717) is 0 Å². The van der Waals surface area contributed by atoms with Gasteiger partial charge >= 0.3 is 18.1 Å². The summed E-state index contributed by atoms with van der Waals surface area (Å²) in [5.74, 6) is -2.89. The molecule has 0 bridgehead atoms. The normalized spacial score (nSPS) is 20.6. The van der Waals surface area contributed by atoms with Gasteiger partial charge in [0.15, 0.2) is 11.6 Å². The molecule has 3 aromatic carbocycles. The molecule has 1 aliphatic heterocycles. The Morgan fingerprint density at radius 1 is 0.676 bits per heavy atom. The Morgan fingerprint density at radius 3 is 1.76 bits per heavy atom. The summed E-state index contributed by atoms with van der Waals surface area (Å²) in [6.45, 7) is 0. The second-order valence-electron chi connectivity index (χ2n) is 8.60. The fourth-order valence-electron chi connectivity index (χ4n) is 5.43. The van der Waals surface area contributed by atoms with Crippen LogP contribution < -0.4 is 0 Å². The number of carbonyl (C=O) groups is 4. The summed E-state index contributed by atoms with van der Waals surface area (Å²) in [5.41, 5.74) is -3.06. The van der Waals surface area contributed by atoms with Crippen molar-refractivity contribution in [2.24, 2.45) is 0 Å². The van der Waals surface area contributed by atoms with Crippen LogP contribution in [0.3, 0.4) is 0 Å². The van der Waals surface area contributed by atoms with Crippen molar-refractivity contribution in [3.05, 3.63) is 105 Å². The first-order chi connectivity index (χ1) is 16.1. The summed E-state index contributed by atoms with van der Waals surface area (Å²) >= 11 is 0. The van der Waals surface area contributed by atoms with E-state index in [4.69, 9.17) is 0 Å². The number of esters is 2. The van der Waals surface area contributed by atoms with E-state index in [1.54, 1.807) is 6.07 Å². The van der Waals surface area contributed by atoms with Crippen LogP contribution >= 0.6 is 0 Å². The number of hydrogen-bond donors (Lipinski definition) is 0. The number of fused-ring (bicyclic) bond motifs is 4. The molecule has 1 heterocycles. The summed E-state index contributed by atoms with van der Waals surface area (Å²) in [6, 6.07) is 12.1. The summed E-state index contributed by atoms with van der Waals surface area (Å²) in [7, 11) is 0. The molecule has 6 rings (SSSR count). The van der Waals surface area contributed by atoms with Crippen molar-refractivity contribution in [3.8, 4) is 0 Å². The SMILES string of the molecule is O=C1CC(=O)c2cc3c(cc21)Cc1cc2c(cc1C3(c1ccccc1)C(F)(F)F)C(=O)OC2=O. The molecule has 0 radical (unpaired) electrons. The fourth-order valence-corrected chi connectivity index (χ4v) is 5.43. The highest BCUT2D eigenvalue weighted by Gasteiger charge is 2.61. The molecule has 3 aliphatic rings. The molecule has 0 spiro atoms. The van der Waals surface area contributed by atoms with Gasteiger partial charge in [0.05, 0.1) is 17.5 Å². The Bertz CT molecular complexity index is 1400. The van der Waals surface area contributed by atoms with E-state index >= 15 is 13.2 Å². The van der Waals surface area contributed by atoms with Gasteiger partial charge in [0, 0.05) is 11.1 Å². The predicted octanol–water partition coefficient (Wildman–Crippen LogP) is 4.57. The first-order valence-electron chi connectivity index (χ1n) is 10.4. The summed E-state index contributed by atoms with van der Waals surface area (Å²) < 4.78 is 50.7. The molecule has 0 amide bonds. The smallest absolute Gasteiger partial charge is 0.386 e. The maximum atomic E-state index is 15.4. The molecule has 0 saturated heterocycles. The summed E-state index contributed by atoms with van der Waals surface area (Å²) in [5, 5.41) is 0. The lowest BCUT2D eigenvalue weighted by Crippen LogP contribution is -2.48. The number of benzene rings is 3. The van der Waals surface area contributed by atoms with E-state index in [9.17, 15) is 19.2 Å². The minimum absolute atomic E-state index is 0.0150. The predicted molar refractivity (Wildman–Crippen MR) is 111 cm³/mol. The molecule has 2 aliphatic carbocycles. The second kappa shape index (κ2) is 6.50. The van der Waals surface area contributed by atoms with Gasteiger partial charge in [-0.2, -0.15) is 13.2 Å². The van der Waals surface area contributed by atoms with E-state index in [1.165, 1.54) is 42.5 Å². The molecule has 0 fully saturated rings. The lowest BCUT2D eigenvalue weighted by Gasteiger charge is -2.43. The Hall–Kier alpha value is -4.07. The molecule has 168 valence electrons. The molecule has 34 heavy (non-hydrogen) atoms. The Morgan fingerprint density at radius 2 is 1.18 bits per heavy atom. The summed E-state index contributed by atoms with van der Waals surface area (Å²) in [6.07, 6.45) is -5.30. The van der Waals surface area contributed by atoms with Crippen LogP contribution in [0.2, 0.25) is 0 Å². The quantitative estimate of drug-likeness (QED) is 0.391. The third-order valence-corrected chi connectivity index (χ3v) is 6.85. The molecule has 3 aromatic rings. The monoisotopic (exact) mass is 462 g/mol. The molecule has 0 saturated carbocycles. The van der Waals surface area contributed by atoms with Gasteiger partial charge in [-0.15, -0.1) is 0 Å². The van der Waals surface area contributed by atoms with Gasteiger partial charge in [-0.25, -0.2) is 9.59 Å². The number of cyclic esters (lactones) is 2. The molecule has 1 atom stereocenters. The molecule has 8 heteroatoms. The maximum Gasteiger partial charge on any atom is 0.406 e. The number of rotatable bonds is 1. The number of ether oxygens (including phenoxy) is 1. The molecular weight excluding hydrogens is 449 g/mol. The first kappa shape index (κ1) is 20.5. The highest BCUT2D eigenvalue weighted by molar-refractivity contribution is 6.24. The average molecular weight is 462 g/mol. The van der Waals surface area contributed by atoms with Crippen molar-refractivity contribution < 1.29 is 37.1 Å². The van der Waals surface area contributed by atoms with Crippen LogP contribution in [0.1, 0.15) is 75.7 Å². The number of halogens is 3. The highest BCUT2D eigenvalue weighted by Crippen LogP contribution is 2.56. The van der Waals surface area contributed by atoms with Crippen LogP contribution in [0.4, 0.5) is 13.2 Å². The molecular formula is C26H13F3O5. The van der Waals surface area contributed by atoms with Crippen LogP contribution in [0, 0.1) is 0 Å². The molecule has 5 nitrogen and oxygen atoms in total. The zero-order valence-corrected chi connectivity index (χ0v) is 17.3. The van der Waals surface area contributed by atoms with Gasteiger partial charge in [-0.05, 0) is 58.5 Å². The van der Waals surface area contributed by atoms with Gasteiger partial charge in [0.25, 0.3) is 0 Å². The topological polar surface area (TPSA) is 77.5 Å². The van der Waals surface area contributed by atoms with Crippen LogP contribution in [-0.2, 0) is 16.6 Å². The van der Waals surface area contributed by atoms with E-state index < -0.39 is 35.1 Å². The first-order valence-corrected chi connectivity index (χ1v) is 10.4. The van der Waals surface area contributed by atoms with Crippen molar-refractivity contribution in [1.29, 1.82) is 0 Å².